The number of nitrogens with one attached hydrogen (secondary N) is 3. The number of phenolic OH excluding ortho intramolecular Hbond substituents is 1. The first-order chi connectivity index (χ1) is 23.3. The number of carbonyl (C=O) groups excluding carboxylic acids is 4. The van der Waals surface area contributed by atoms with Gasteiger partial charge in [-0.05, 0) is 64.7 Å². The Morgan fingerprint density at radius 3 is 2.59 bits per heavy atom. The number of fused-ring (bicyclic) bond motifs is 2. The highest BCUT2D eigenvalue weighted by Crippen LogP contribution is 2.50. The van der Waals surface area contributed by atoms with E-state index >= 15 is 4.39 Å². The minimum atomic E-state index is -3.85. The van der Waals surface area contributed by atoms with Gasteiger partial charge in [-0.25, -0.2) is 18.2 Å². The van der Waals surface area contributed by atoms with Crippen LogP contribution in [-0.4, -0.2) is 63.3 Å². The predicted molar refractivity (Wildman–Crippen MR) is 177 cm³/mol. The van der Waals surface area contributed by atoms with Crippen molar-refractivity contribution in [3.8, 4) is 16.9 Å². The van der Waals surface area contributed by atoms with Crippen molar-refractivity contribution >= 4 is 67.8 Å². The van der Waals surface area contributed by atoms with E-state index < -0.39 is 52.6 Å². The number of rotatable bonds is 7. The lowest BCUT2D eigenvalue weighted by Gasteiger charge is -2.36. The summed E-state index contributed by atoms with van der Waals surface area (Å²) in [5.41, 5.74) is 2.06. The summed E-state index contributed by atoms with van der Waals surface area (Å²) in [6.07, 6.45) is 3.79. The van der Waals surface area contributed by atoms with Gasteiger partial charge in [-0.3, -0.25) is 47.4 Å². The number of hydrogen-bond acceptors (Lipinski definition) is 10. The van der Waals surface area contributed by atoms with Crippen LogP contribution in [0.5, 0.6) is 5.75 Å². The Morgan fingerprint density at radius 2 is 1.86 bits per heavy atom. The van der Waals surface area contributed by atoms with Gasteiger partial charge in [0.1, 0.15) is 24.0 Å². The smallest absolute Gasteiger partial charge is 0.329 e. The Labute approximate surface area is 277 Å². The van der Waals surface area contributed by atoms with Crippen molar-refractivity contribution in [2.75, 3.05) is 16.2 Å². The summed E-state index contributed by atoms with van der Waals surface area (Å²) >= 11 is 0. The third kappa shape index (κ3) is 5.64. The second-order valence-electron chi connectivity index (χ2n) is 11.7. The average Bonchev–Trinajstić information content (AvgIpc) is 3.70. The molecule has 4 amide bonds. The van der Waals surface area contributed by atoms with Crippen molar-refractivity contribution in [2.45, 2.75) is 31.8 Å². The van der Waals surface area contributed by atoms with Gasteiger partial charge in [-0.1, -0.05) is 6.07 Å². The average molecular weight is 693 g/mol. The van der Waals surface area contributed by atoms with Crippen LogP contribution in [0.3, 0.4) is 0 Å². The molecule has 7 rings (SSSR count). The molecule has 3 aromatic carbocycles. The monoisotopic (exact) mass is 692 g/mol. The molecule has 2 aliphatic rings. The number of aryl methyl sites for hydroxylation is 2. The molecule has 0 bridgehead atoms. The summed E-state index contributed by atoms with van der Waals surface area (Å²) in [6, 6.07) is 10.0. The van der Waals surface area contributed by atoms with Crippen molar-refractivity contribution in [1.29, 1.82) is 0 Å². The van der Waals surface area contributed by atoms with Crippen molar-refractivity contribution in [1.82, 2.24) is 29.0 Å². The molecule has 2 fully saturated rings. The minimum absolute atomic E-state index is 0.0233. The van der Waals surface area contributed by atoms with Crippen LogP contribution in [0.4, 0.5) is 15.8 Å². The summed E-state index contributed by atoms with van der Waals surface area (Å²) in [5, 5.41) is 20.1. The van der Waals surface area contributed by atoms with Gasteiger partial charge in [0.2, 0.25) is 17.7 Å². The number of benzene rings is 3. The lowest BCUT2D eigenvalue weighted by molar-refractivity contribution is -0.135. The van der Waals surface area contributed by atoms with Gasteiger partial charge in [-0.15, -0.1) is 0 Å². The first kappa shape index (κ1) is 31.9. The number of phenols is 1. The Kier molecular flexibility index (Phi) is 7.64. The highest BCUT2D eigenvalue weighted by molar-refractivity contribution is 8.24. The van der Waals surface area contributed by atoms with Crippen LogP contribution >= 0.6 is 11.0 Å². The van der Waals surface area contributed by atoms with Crippen molar-refractivity contribution in [3.63, 3.8) is 0 Å². The van der Waals surface area contributed by atoms with Gasteiger partial charge in [0.05, 0.1) is 17.2 Å². The number of imide groups is 1. The van der Waals surface area contributed by atoms with Crippen molar-refractivity contribution in [3.05, 3.63) is 71.2 Å². The van der Waals surface area contributed by atoms with E-state index in [2.05, 4.69) is 15.7 Å². The Morgan fingerprint density at radius 1 is 1.06 bits per heavy atom. The second-order valence-corrected chi connectivity index (χ2v) is 13.4. The van der Waals surface area contributed by atoms with E-state index in [0.717, 1.165) is 11.1 Å². The molecule has 0 saturated carbocycles. The van der Waals surface area contributed by atoms with E-state index in [1.165, 1.54) is 33.4 Å². The number of carbonyl (C=O) groups is 4. The molecule has 0 aliphatic carbocycles. The van der Waals surface area contributed by atoms with Crippen LogP contribution in [-0.2, 0) is 32.8 Å². The highest BCUT2D eigenvalue weighted by Gasteiger charge is 2.38. The fourth-order valence-electron chi connectivity index (χ4n) is 6.17. The van der Waals surface area contributed by atoms with E-state index in [4.69, 9.17) is 0 Å². The highest BCUT2D eigenvalue weighted by atomic mass is 32.3. The van der Waals surface area contributed by atoms with Gasteiger partial charge in [-0.2, -0.15) is 5.10 Å². The van der Waals surface area contributed by atoms with Crippen LogP contribution in [0.1, 0.15) is 25.3 Å². The third-order valence-corrected chi connectivity index (χ3v) is 9.98. The number of halogens is 1. The van der Waals surface area contributed by atoms with E-state index in [9.17, 15) is 38.2 Å². The molecule has 4 heterocycles. The number of nitrogens with zero attached hydrogens (tertiary/aromatic N) is 5. The quantitative estimate of drug-likeness (QED) is 0.137. The van der Waals surface area contributed by atoms with Crippen molar-refractivity contribution in [2.24, 2.45) is 7.05 Å². The topological polar surface area (TPSA) is 213 Å². The van der Waals surface area contributed by atoms with Gasteiger partial charge >= 0.3 is 5.69 Å². The number of hydrogen-bond donors (Lipinski definition) is 6. The fourth-order valence-corrected chi connectivity index (χ4v) is 7.37. The molecule has 18 heteroatoms. The molecule has 254 valence electrons. The molecule has 16 nitrogen and oxygen atoms in total. The number of piperidine rings is 1. The summed E-state index contributed by atoms with van der Waals surface area (Å²) in [7, 11) is -2.24. The second kappa shape index (κ2) is 11.8. The number of imidazole rings is 1. The maximum atomic E-state index is 15.4. The molecule has 0 spiro atoms. The lowest BCUT2D eigenvalue weighted by atomic mass is 10.1. The summed E-state index contributed by atoms with van der Waals surface area (Å²) in [5.74, 6) is -3.56. The zero-order valence-electron chi connectivity index (χ0n) is 25.7. The third-order valence-electron chi connectivity index (χ3n) is 8.55. The van der Waals surface area contributed by atoms with Gasteiger partial charge in [0.15, 0.2) is 5.82 Å². The standard InChI is InChI=1S/C31H29FN8O8S/c1-37-23-11-16(2-5-21(23)40(31(37)46)22-6-7-25(42)35-30(22)45)18-13-33-38(14-18)9-8-26(43)34-19-3-4-20-17(10-19)12-24(41)29(28(20)32)39-15-27(44)36-49(39,47)48/h2-5,10-14,22,41,47-48H,6-9,15H2,1H3,(H,34,43)(H,36,44)(H,35,42,45). The lowest BCUT2D eigenvalue weighted by Crippen LogP contribution is -2.44. The van der Waals surface area contributed by atoms with Crippen LogP contribution in [0.15, 0.2) is 59.7 Å². The zero-order valence-corrected chi connectivity index (χ0v) is 26.5. The van der Waals surface area contributed by atoms with Crippen molar-refractivity contribution < 1.29 is 37.8 Å². The molecule has 49 heavy (non-hydrogen) atoms. The first-order valence-electron chi connectivity index (χ1n) is 15.0. The molecule has 1 atom stereocenters. The Hall–Kier alpha value is -5.72. The van der Waals surface area contributed by atoms with Crippen LogP contribution in [0.2, 0.25) is 0 Å². The number of amides is 4. The number of aromatic hydroxyl groups is 1. The predicted octanol–water partition coefficient (Wildman–Crippen LogP) is 2.72. The zero-order chi connectivity index (χ0) is 34.8. The molecule has 5 aromatic rings. The van der Waals surface area contributed by atoms with Gasteiger partial charge in [0.25, 0.3) is 5.91 Å². The summed E-state index contributed by atoms with van der Waals surface area (Å²) in [6.45, 7) is -0.332. The molecule has 6 N–H and O–H groups in total. The molecule has 0 radical (unpaired) electrons. The van der Waals surface area contributed by atoms with Gasteiger partial charge in [0, 0.05) is 49.3 Å². The largest absolute Gasteiger partial charge is 0.506 e. The molecular weight excluding hydrogens is 663 g/mol. The van der Waals surface area contributed by atoms with Crippen LogP contribution in [0, 0.1) is 5.82 Å². The molecule has 2 aliphatic heterocycles. The minimum Gasteiger partial charge on any atom is -0.506 e. The van der Waals surface area contributed by atoms with E-state index in [1.54, 1.807) is 36.3 Å². The molecule has 1 unspecified atom stereocenters. The Bertz CT molecular complexity index is 2300. The van der Waals surface area contributed by atoms with Gasteiger partial charge < -0.3 is 10.4 Å². The number of anilines is 2. The SMILES string of the molecule is Cn1c(=O)n(C2CCC(=O)NC2=O)c2ccc(-c3cnn(CCC(=O)Nc4ccc5c(F)c(N6CC(=O)NS6(O)O)c(O)cc5c4)c3)cc21. The fraction of sp³-hybridized carbons (Fsp3) is 0.226. The number of aromatic nitrogens is 4. The molecule has 2 saturated heterocycles. The van der Waals surface area contributed by atoms with E-state index in [0.29, 0.717) is 21.0 Å². The van der Waals surface area contributed by atoms with E-state index in [-0.39, 0.29) is 54.1 Å². The molecule has 2 aromatic heterocycles. The maximum Gasteiger partial charge on any atom is 0.329 e. The summed E-state index contributed by atoms with van der Waals surface area (Å²) < 4.78 is 42.7. The Balaban J connectivity index is 1.03. The van der Waals surface area contributed by atoms with Crippen LogP contribution in [0.25, 0.3) is 32.9 Å². The van der Waals surface area contributed by atoms with E-state index in [1.807, 2.05) is 10.8 Å². The maximum absolute atomic E-state index is 15.4. The van der Waals surface area contributed by atoms with Crippen LogP contribution < -0.4 is 25.4 Å². The normalized spacial score (nSPS) is 18.2. The first-order valence-corrected chi connectivity index (χ1v) is 16.5. The molecular formula is C31H29FN8O8S. The summed E-state index contributed by atoms with van der Waals surface area (Å²) in [4.78, 5) is 61.7.